The zero-order valence-corrected chi connectivity index (χ0v) is 24.5. The number of nitrogens with one attached hydrogen (secondary N) is 1. The zero-order valence-electron chi connectivity index (χ0n) is 24.5. The lowest BCUT2D eigenvalue weighted by molar-refractivity contribution is -0.233. The number of hydrogen-bond acceptors (Lipinski definition) is 6. The summed E-state index contributed by atoms with van der Waals surface area (Å²) < 4.78 is 32.0. The van der Waals surface area contributed by atoms with Gasteiger partial charge >= 0.3 is 6.09 Å². The van der Waals surface area contributed by atoms with Gasteiger partial charge in [-0.25, -0.2) is 9.18 Å². The highest BCUT2D eigenvalue weighted by Crippen LogP contribution is 2.28. The fraction of sp³-hybridized carbons (Fsp3) is 0.724. The highest BCUT2D eigenvalue weighted by Gasteiger charge is 2.46. The highest BCUT2D eigenvalue weighted by molar-refractivity contribution is 5.73. The molecule has 8 nitrogen and oxygen atoms in total. The minimum Gasteiger partial charge on any atom is -0.444 e. The van der Waals surface area contributed by atoms with Crippen LogP contribution in [-0.4, -0.2) is 71.3 Å². The maximum absolute atomic E-state index is 14.3. The number of rotatable bonds is 9. The van der Waals surface area contributed by atoms with Gasteiger partial charge in [0, 0.05) is 6.92 Å². The Balaban J connectivity index is 2.37. The van der Waals surface area contributed by atoms with Crippen LogP contribution in [0.15, 0.2) is 18.2 Å². The largest absolute Gasteiger partial charge is 0.444 e. The van der Waals surface area contributed by atoms with Crippen molar-refractivity contribution in [3.63, 3.8) is 0 Å². The van der Waals surface area contributed by atoms with Crippen LogP contribution in [0.25, 0.3) is 0 Å². The van der Waals surface area contributed by atoms with E-state index < -0.39 is 42.2 Å². The molecule has 5 atom stereocenters. The second-order valence-electron chi connectivity index (χ2n) is 12.5. The number of carbonyl (C=O) groups excluding carboxylic acids is 2. The molecule has 1 saturated heterocycles. The molecule has 1 aliphatic heterocycles. The number of aryl methyl sites for hydroxylation is 1. The normalized spacial score (nSPS) is 22.1. The zero-order chi connectivity index (χ0) is 28.8. The van der Waals surface area contributed by atoms with E-state index in [9.17, 15) is 19.1 Å². The number of amides is 2. The number of nitrogens with zero attached hydrogens (tertiary/aromatic N) is 1. The molecule has 0 spiro atoms. The molecule has 2 amide bonds. The van der Waals surface area contributed by atoms with Crippen molar-refractivity contribution in [2.75, 3.05) is 13.2 Å². The van der Waals surface area contributed by atoms with Gasteiger partial charge in [0.1, 0.15) is 11.4 Å². The van der Waals surface area contributed by atoms with E-state index in [1.54, 1.807) is 27.7 Å². The molecule has 0 aromatic heterocycles. The number of carbonyl (C=O) groups is 2. The van der Waals surface area contributed by atoms with Gasteiger partial charge in [-0.05, 0) is 69.2 Å². The summed E-state index contributed by atoms with van der Waals surface area (Å²) in [6.07, 6.45) is -0.805. The summed E-state index contributed by atoms with van der Waals surface area (Å²) in [5.41, 5.74) is 0.614. The average molecular weight is 539 g/mol. The summed E-state index contributed by atoms with van der Waals surface area (Å²) in [4.78, 5) is 27.0. The van der Waals surface area contributed by atoms with Crippen molar-refractivity contribution >= 4 is 12.0 Å². The third kappa shape index (κ3) is 9.82. The molecule has 1 fully saturated rings. The number of halogens is 1. The van der Waals surface area contributed by atoms with Crippen molar-refractivity contribution in [1.29, 1.82) is 0 Å². The lowest BCUT2D eigenvalue weighted by atomic mass is 9.93. The summed E-state index contributed by atoms with van der Waals surface area (Å²) in [6.45, 7) is 17.0. The molecular weight excluding hydrogens is 491 g/mol. The topological polar surface area (TPSA) is 97.3 Å². The molecule has 1 aromatic carbocycles. The van der Waals surface area contributed by atoms with Gasteiger partial charge in [0.15, 0.2) is 6.29 Å². The summed E-state index contributed by atoms with van der Waals surface area (Å²) >= 11 is 0. The first-order valence-corrected chi connectivity index (χ1v) is 13.5. The molecule has 2 N–H and O–H groups in total. The van der Waals surface area contributed by atoms with Crippen LogP contribution in [0.3, 0.4) is 0 Å². The van der Waals surface area contributed by atoms with Crippen LogP contribution in [0.2, 0.25) is 0 Å². The highest BCUT2D eigenvalue weighted by atomic mass is 19.1. The van der Waals surface area contributed by atoms with Crippen molar-refractivity contribution in [3.05, 3.63) is 35.1 Å². The van der Waals surface area contributed by atoms with Gasteiger partial charge in [-0.15, -0.1) is 0 Å². The van der Waals surface area contributed by atoms with E-state index in [4.69, 9.17) is 14.2 Å². The van der Waals surface area contributed by atoms with E-state index in [1.165, 1.54) is 24.0 Å². The summed E-state index contributed by atoms with van der Waals surface area (Å²) in [6, 6.07) is 2.56. The second kappa shape index (κ2) is 13.2. The smallest absolute Gasteiger partial charge is 0.411 e. The number of morpholine rings is 1. The molecule has 9 heteroatoms. The molecule has 0 radical (unpaired) electrons. The number of benzene rings is 1. The summed E-state index contributed by atoms with van der Waals surface area (Å²) in [5.74, 6) is -0.718. The van der Waals surface area contributed by atoms with Crippen LogP contribution < -0.4 is 5.32 Å². The van der Waals surface area contributed by atoms with Crippen LogP contribution in [0.4, 0.5) is 9.18 Å². The van der Waals surface area contributed by atoms with Crippen molar-refractivity contribution < 1.29 is 33.3 Å². The van der Waals surface area contributed by atoms with E-state index in [2.05, 4.69) is 5.32 Å². The molecule has 0 saturated carbocycles. The molecule has 38 heavy (non-hydrogen) atoms. The first-order chi connectivity index (χ1) is 17.5. The fourth-order valence-corrected chi connectivity index (χ4v) is 4.55. The molecule has 1 aromatic rings. The Morgan fingerprint density at radius 3 is 2.37 bits per heavy atom. The maximum atomic E-state index is 14.3. The van der Waals surface area contributed by atoms with Gasteiger partial charge in [0.05, 0.1) is 37.4 Å². The second-order valence-corrected chi connectivity index (χ2v) is 12.5. The van der Waals surface area contributed by atoms with Gasteiger partial charge in [0.25, 0.3) is 0 Å². The monoisotopic (exact) mass is 538 g/mol. The predicted octanol–water partition coefficient (Wildman–Crippen LogP) is 4.60. The van der Waals surface area contributed by atoms with Crippen LogP contribution >= 0.6 is 0 Å². The van der Waals surface area contributed by atoms with Gasteiger partial charge in [-0.2, -0.15) is 0 Å². The van der Waals surface area contributed by atoms with Gasteiger partial charge in [-0.1, -0.05) is 40.2 Å². The Bertz CT molecular complexity index is 942. The summed E-state index contributed by atoms with van der Waals surface area (Å²) in [7, 11) is 0. The molecule has 1 heterocycles. The van der Waals surface area contributed by atoms with Crippen LogP contribution in [0.1, 0.15) is 79.9 Å². The van der Waals surface area contributed by atoms with E-state index >= 15 is 0 Å². The third-order valence-corrected chi connectivity index (χ3v) is 6.11. The lowest BCUT2D eigenvalue weighted by Crippen LogP contribution is -2.66. The van der Waals surface area contributed by atoms with Gasteiger partial charge < -0.3 is 24.6 Å². The molecule has 2 rings (SSSR count). The van der Waals surface area contributed by atoms with Crippen molar-refractivity contribution in [3.8, 4) is 0 Å². The lowest BCUT2D eigenvalue weighted by Gasteiger charge is -2.47. The van der Waals surface area contributed by atoms with E-state index in [1.807, 2.05) is 33.8 Å². The molecule has 216 valence electrons. The minimum atomic E-state index is -1.23. The van der Waals surface area contributed by atoms with Gasteiger partial charge in [0.2, 0.25) is 5.91 Å². The van der Waals surface area contributed by atoms with Crippen LogP contribution in [0.5, 0.6) is 0 Å². The van der Waals surface area contributed by atoms with Crippen molar-refractivity contribution in [2.45, 2.75) is 118 Å². The van der Waals surface area contributed by atoms with E-state index in [0.29, 0.717) is 18.6 Å². The number of hydrogen-bond donors (Lipinski definition) is 2. The predicted molar refractivity (Wildman–Crippen MR) is 144 cm³/mol. The maximum Gasteiger partial charge on any atom is 0.411 e. The SMILES string of the molecule is CCCc1cc(F)cc(C[C@H](NC(C)=O)[C@H](O)[C@H]2CO[C@@H](OCC(C)(C)C)[C@H](C)N2C(=O)OC(C)(C)C)c1. The Hall–Kier alpha value is -2.23. The van der Waals surface area contributed by atoms with Gasteiger partial charge in [-0.3, -0.25) is 9.69 Å². The van der Waals surface area contributed by atoms with E-state index in [0.717, 1.165) is 12.0 Å². The number of ether oxygens (including phenoxy) is 3. The average Bonchev–Trinajstić information content (AvgIpc) is 2.74. The molecular formula is C29H47FN2O6. The molecule has 1 aliphatic rings. The Morgan fingerprint density at radius 2 is 1.82 bits per heavy atom. The van der Waals surface area contributed by atoms with Crippen LogP contribution in [0, 0.1) is 11.2 Å². The first kappa shape index (κ1) is 32.0. The standard InChI is InChI=1S/C29H47FN2O6/c1-10-11-20-12-21(14-22(30)13-20)15-23(31-19(3)33)25(34)24-16-36-26(37-17-28(4,5)6)18(2)32(24)27(35)38-29(7,8)9/h12-14,18,23-26,34H,10-11,15-17H2,1-9H3,(H,31,33)/t18-,23-,24+,25-,26-/m0/s1. The van der Waals surface area contributed by atoms with Crippen LogP contribution in [-0.2, 0) is 31.8 Å². The number of aliphatic hydroxyl groups is 1. The van der Waals surface area contributed by atoms with Crippen molar-refractivity contribution in [2.24, 2.45) is 5.41 Å². The Morgan fingerprint density at radius 1 is 1.18 bits per heavy atom. The first-order valence-electron chi connectivity index (χ1n) is 13.5. The molecule has 0 aliphatic carbocycles. The van der Waals surface area contributed by atoms with E-state index in [-0.39, 0.29) is 30.2 Å². The quantitative estimate of drug-likeness (QED) is 0.477. The molecule has 0 bridgehead atoms. The Kier molecular flexibility index (Phi) is 11.1. The molecule has 0 unspecified atom stereocenters. The number of aliphatic hydroxyl groups excluding tert-OH is 1. The summed E-state index contributed by atoms with van der Waals surface area (Å²) in [5, 5.41) is 14.4. The third-order valence-electron chi connectivity index (χ3n) is 6.11. The minimum absolute atomic E-state index is 0.0279. The Labute approximate surface area is 227 Å². The van der Waals surface area contributed by atoms with Crippen molar-refractivity contribution in [1.82, 2.24) is 10.2 Å². The fourth-order valence-electron chi connectivity index (χ4n) is 4.55.